The number of ether oxygens (including phenoxy) is 1. The fraction of sp³-hybridized carbons (Fsp3) is 0.793. The third-order valence-corrected chi connectivity index (χ3v) is 8.03. The molecule has 0 bridgehead atoms. The molecule has 0 spiro atoms. The van der Waals surface area contributed by atoms with Gasteiger partial charge in [-0.15, -0.1) is 0 Å². The highest BCUT2D eigenvalue weighted by Gasteiger charge is 2.41. The topological polar surface area (TPSA) is 154 Å². The number of carbonyl (C=O) groups excluding carboxylic acids is 6. The van der Waals surface area contributed by atoms with Crippen LogP contribution in [0.1, 0.15) is 80.6 Å². The lowest BCUT2D eigenvalue weighted by Gasteiger charge is -2.33. The molecule has 5 amide bonds. The lowest BCUT2D eigenvalue weighted by atomic mass is 9.95. The number of nitrogens with one attached hydrogen (secondary N) is 3. The number of rotatable bonds is 5. The molecular formula is C29H49N5O7. The van der Waals surface area contributed by atoms with Crippen molar-refractivity contribution in [2.45, 2.75) is 111 Å². The Labute approximate surface area is 243 Å². The molecule has 2 heterocycles. The van der Waals surface area contributed by atoms with Gasteiger partial charge in [0.25, 0.3) is 5.91 Å². The van der Waals surface area contributed by atoms with Gasteiger partial charge in [-0.25, -0.2) is 0 Å². The molecular weight excluding hydrogens is 530 g/mol. The van der Waals surface area contributed by atoms with Gasteiger partial charge in [-0.1, -0.05) is 48.0 Å². The van der Waals surface area contributed by atoms with Crippen molar-refractivity contribution in [1.29, 1.82) is 0 Å². The van der Waals surface area contributed by atoms with Crippen molar-refractivity contribution >= 4 is 35.5 Å². The molecule has 12 heteroatoms. The fourth-order valence-corrected chi connectivity index (χ4v) is 5.06. The summed E-state index contributed by atoms with van der Waals surface area (Å²) in [4.78, 5) is 82.3. The summed E-state index contributed by atoms with van der Waals surface area (Å²) < 4.78 is 5.58. The van der Waals surface area contributed by atoms with Crippen LogP contribution in [0.2, 0.25) is 0 Å². The highest BCUT2D eigenvalue weighted by atomic mass is 16.5. The average Bonchev–Trinajstić information content (AvgIpc) is 3.41. The highest BCUT2D eigenvalue weighted by Crippen LogP contribution is 2.23. The monoisotopic (exact) mass is 579 g/mol. The Morgan fingerprint density at radius 2 is 1.54 bits per heavy atom. The first-order chi connectivity index (χ1) is 19.2. The summed E-state index contributed by atoms with van der Waals surface area (Å²) >= 11 is 0. The van der Waals surface area contributed by atoms with Crippen molar-refractivity contribution in [1.82, 2.24) is 25.8 Å². The third-order valence-electron chi connectivity index (χ3n) is 8.03. The van der Waals surface area contributed by atoms with E-state index in [2.05, 4.69) is 16.0 Å². The van der Waals surface area contributed by atoms with E-state index in [1.807, 2.05) is 27.7 Å². The Bertz CT molecular complexity index is 985. The lowest BCUT2D eigenvalue weighted by molar-refractivity contribution is -0.162. The van der Waals surface area contributed by atoms with Gasteiger partial charge in [-0.3, -0.25) is 28.8 Å². The number of amides is 5. The van der Waals surface area contributed by atoms with Crippen molar-refractivity contribution in [3.05, 3.63) is 0 Å². The number of nitrogens with zero attached hydrogens (tertiary/aromatic N) is 2. The van der Waals surface area contributed by atoms with Gasteiger partial charge in [0.2, 0.25) is 23.6 Å². The van der Waals surface area contributed by atoms with E-state index in [-0.39, 0.29) is 37.1 Å². The van der Waals surface area contributed by atoms with E-state index in [4.69, 9.17) is 4.74 Å². The zero-order chi connectivity index (χ0) is 31.0. The molecule has 6 atom stereocenters. The van der Waals surface area contributed by atoms with Crippen LogP contribution in [-0.4, -0.2) is 95.7 Å². The smallest absolute Gasteiger partial charge is 0.308 e. The number of likely N-dealkylation sites (N-methyl/N-ethyl adjacent to an activating group) is 1. The molecule has 0 saturated carbocycles. The molecule has 0 aliphatic carbocycles. The van der Waals surface area contributed by atoms with E-state index < -0.39 is 65.8 Å². The Kier molecular flexibility index (Phi) is 12.6. The normalized spacial score (nSPS) is 28.8. The molecule has 0 aromatic carbocycles. The van der Waals surface area contributed by atoms with Gasteiger partial charge in [0.05, 0.1) is 6.42 Å². The first-order valence-corrected chi connectivity index (χ1v) is 14.8. The SMILES string of the molecule is CC[C@H](C)[C@@H]1NC(=O)[C@H]2CCCN2C(=O)[C@H](CC(C)C)OC(=O)CCNC(=O)[C@H](C)N(C)C(=O)[C@@H](C(C)C)NC1=O. The van der Waals surface area contributed by atoms with Crippen molar-refractivity contribution in [2.24, 2.45) is 17.8 Å². The van der Waals surface area contributed by atoms with E-state index in [1.165, 1.54) is 16.8 Å². The Balaban J connectivity index is 2.48. The Morgan fingerprint density at radius 3 is 2.12 bits per heavy atom. The maximum atomic E-state index is 13.6. The zero-order valence-corrected chi connectivity index (χ0v) is 25.8. The molecule has 2 aliphatic rings. The second-order valence-corrected chi connectivity index (χ2v) is 12.1. The molecule has 2 rings (SSSR count). The van der Waals surface area contributed by atoms with Crippen LogP contribution in [0, 0.1) is 17.8 Å². The zero-order valence-electron chi connectivity index (χ0n) is 25.8. The number of fused-ring (bicyclic) bond motifs is 1. The Hall–Kier alpha value is -3.18. The maximum Gasteiger partial charge on any atom is 0.308 e. The standard InChI is InChI=1S/C29H49N5O7/c1-9-18(6)24-27(38)31-23(17(4)5)29(40)33(8)19(7)25(36)30-13-12-22(35)41-21(15-16(2)3)28(39)34-14-10-11-20(34)26(37)32-24/h16-21,23-24H,9-15H2,1-8H3,(H,30,36)(H,31,38)(H,32,37)/t18-,19-,20+,21-,23+,24-/m0/s1. The van der Waals surface area contributed by atoms with E-state index in [1.54, 1.807) is 20.8 Å². The van der Waals surface area contributed by atoms with Gasteiger partial charge >= 0.3 is 5.97 Å². The van der Waals surface area contributed by atoms with Gasteiger partial charge in [-0.05, 0) is 43.9 Å². The predicted octanol–water partition coefficient (Wildman–Crippen LogP) is 0.974. The van der Waals surface area contributed by atoms with Gasteiger partial charge in [-0.2, -0.15) is 0 Å². The van der Waals surface area contributed by atoms with E-state index in [0.29, 0.717) is 25.8 Å². The van der Waals surface area contributed by atoms with Crippen molar-refractivity contribution in [2.75, 3.05) is 20.1 Å². The number of cyclic esters (lactones) is 1. The number of carbonyl (C=O) groups is 6. The summed E-state index contributed by atoms with van der Waals surface area (Å²) in [5.41, 5.74) is 0. The summed E-state index contributed by atoms with van der Waals surface area (Å²) in [6.45, 7) is 13.0. The average molecular weight is 580 g/mol. The molecule has 12 nitrogen and oxygen atoms in total. The van der Waals surface area contributed by atoms with Crippen LogP contribution >= 0.6 is 0 Å². The van der Waals surface area contributed by atoms with Crippen LogP contribution in [0.4, 0.5) is 0 Å². The largest absolute Gasteiger partial charge is 0.452 e. The van der Waals surface area contributed by atoms with Gasteiger partial charge in [0.1, 0.15) is 24.2 Å². The fourth-order valence-electron chi connectivity index (χ4n) is 5.06. The van der Waals surface area contributed by atoms with Crippen LogP contribution in [-0.2, 0) is 33.5 Å². The molecule has 0 aromatic rings. The minimum atomic E-state index is -1.07. The van der Waals surface area contributed by atoms with Crippen molar-refractivity contribution in [3.63, 3.8) is 0 Å². The second kappa shape index (κ2) is 15.2. The summed E-state index contributed by atoms with van der Waals surface area (Å²) in [6, 6.07) is -3.58. The first kappa shape index (κ1) is 34.0. The maximum absolute atomic E-state index is 13.6. The molecule has 2 saturated heterocycles. The van der Waals surface area contributed by atoms with E-state index in [0.717, 1.165) is 0 Å². The quantitative estimate of drug-likeness (QED) is 0.410. The second-order valence-electron chi connectivity index (χ2n) is 12.1. The lowest BCUT2D eigenvalue weighted by Crippen LogP contribution is -2.60. The minimum absolute atomic E-state index is 0.0363. The van der Waals surface area contributed by atoms with Crippen LogP contribution in [0.3, 0.4) is 0 Å². The molecule has 0 radical (unpaired) electrons. The molecule has 232 valence electrons. The molecule has 0 unspecified atom stereocenters. The van der Waals surface area contributed by atoms with Gasteiger partial charge in [0.15, 0.2) is 6.10 Å². The van der Waals surface area contributed by atoms with Crippen LogP contribution in [0.15, 0.2) is 0 Å². The number of hydrogen-bond donors (Lipinski definition) is 3. The van der Waals surface area contributed by atoms with Crippen LogP contribution < -0.4 is 16.0 Å². The Morgan fingerprint density at radius 1 is 0.902 bits per heavy atom. The van der Waals surface area contributed by atoms with Crippen LogP contribution in [0.25, 0.3) is 0 Å². The highest BCUT2D eigenvalue weighted by molar-refractivity contribution is 5.96. The van der Waals surface area contributed by atoms with E-state index >= 15 is 0 Å². The van der Waals surface area contributed by atoms with E-state index in [9.17, 15) is 28.8 Å². The van der Waals surface area contributed by atoms with Crippen molar-refractivity contribution < 1.29 is 33.5 Å². The van der Waals surface area contributed by atoms with Gasteiger partial charge < -0.3 is 30.5 Å². The van der Waals surface area contributed by atoms with Gasteiger partial charge in [0, 0.05) is 20.1 Å². The summed E-state index contributed by atoms with van der Waals surface area (Å²) in [5, 5.41) is 8.31. The molecule has 0 aromatic heterocycles. The predicted molar refractivity (Wildman–Crippen MR) is 152 cm³/mol. The minimum Gasteiger partial charge on any atom is -0.452 e. The summed E-state index contributed by atoms with van der Waals surface area (Å²) in [5.74, 6) is -3.52. The summed E-state index contributed by atoms with van der Waals surface area (Å²) in [6.07, 6.45) is 0.624. The third kappa shape index (κ3) is 8.90. The van der Waals surface area contributed by atoms with Crippen molar-refractivity contribution in [3.8, 4) is 0 Å². The van der Waals surface area contributed by atoms with Crippen LogP contribution in [0.5, 0.6) is 0 Å². The molecule has 2 aliphatic heterocycles. The number of esters is 1. The molecule has 41 heavy (non-hydrogen) atoms. The molecule has 3 N–H and O–H groups in total. The molecule has 2 fully saturated rings. The summed E-state index contributed by atoms with van der Waals surface area (Å²) in [7, 11) is 1.48. The first-order valence-electron chi connectivity index (χ1n) is 14.8. The number of hydrogen-bond acceptors (Lipinski definition) is 7.